The molecule has 1 fully saturated rings. The van der Waals surface area contributed by atoms with Crippen molar-refractivity contribution in [3.8, 4) is 0 Å². The lowest BCUT2D eigenvalue weighted by atomic mass is 9.94. The van der Waals surface area contributed by atoms with E-state index in [2.05, 4.69) is 5.32 Å². The van der Waals surface area contributed by atoms with Crippen molar-refractivity contribution in [1.82, 2.24) is 5.32 Å². The van der Waals surface area contributed by atoms with Crippen molar-refractivity contribution in [1.29, 1.82) is 0 Å². The molecule has 0 unspecified atom stereocenters. The molecular formula is C14H14F7NO2. The number of halogens is 7. The van der Waals surface area contributed by atoms with Crippen LogP contribution in [0.1, 0.15) is 17.5 Å². The Morgan fingerprint density at radius 1 is 1.17 bits per heavy atom. The molecule has 24 heavy (non-hydrogen) atoms. The van der Waals surface area contributed by atoms with Crippen molar-refractivity contribution >= 4 is 5.97 Å². The summed E-state index contributed by atoms with van der Waals surface area (Å²) in [7, 11) is 0. The standard InChI is InChI=1S/C12H13F4N.C2HF3O2/c13-11-5-10(12(14,15)16)4-3-9(11)2-1-8-6-17-7-8;3-2(4,5)1(6)7/h3-5,8,17H,1-2,6-7H2;(H,6,7). The highest BCUT2D eigenvalue weighted by atomic mass is 19.4. The number of hydrogen-bond acceptors (Lipinski definition) is 2. The Bertz CT molecular complexity index is 565. The fourth-order valence-corrected chi connectivity index (χ4v) is 1.84. The SMILES string of the molecule is Fc1cc(C(F)(F)F)ccc1CCC1CNC1.O=C(O)C(F)(F)F. The van der Waals surface area contributed by atoms with E-state index in [1.165, 1.54) is 6.07 Å². The Morgan fingerprint density at radius 3 is 2.04 bits per heavy atom. The van der Waals surface area contributed by atoms with Gasteiger partial charge in [0.25, 0.3) is 0 Å². The van der Waals surface area contributed by atoms with E-state index < -0.39 is 29.7 Å². The Kier molecular flexibility index (Phi) is 6.58. The molecule has 3 nitrogen and oxygen atoms in total. The van der Waals surface area contributed by atoms with E-state index in [-0.39, 0.29) is 0 Å². The average Bonchev–Trinajstić information content (AvgIpc) is 2.37. The van der Waals surface area contributed by atoms with Crippen molar-refractivity contribution in [2.24, 2.45) is 5.92 Å². The summed E-state index contributed by atoms with van der Waals surface area (Å²) >= 11 is 0. The Balaban J connectivity index is 0.000000351. The van der Waals surface area contributed by atoms with Crippen LogP contribution < -0.4 is 5.32 Å². The van der Waals surface area contributed by atoms with Gasteiger partial charge in [-0.1, -0.05) is 6.07 Å². The quantitative estimate of drug-likeness (QED) is 0.809. The van der Waals surface area contributed by atoms with Crippen LogP contribution >= 0.6 is 0 Å². The van der Waals surface area contributed by atoms with Crippen LogP contribution in [0.2, 0.25) is 0 Å². The molecular weight excluding hydrogens is 347 g/mol. The van der Waals surface area contributed by atoms with Gasteiger partial charge in [0.1, 0.15) is 5.82 Å². The highest BCUT2D eigenvalue weighted by Gasteiger charge is 2.38. The van der Waals surface area contributed by atoms with Gasteiger partial charge in [0.05, 0.1) is 5.56 Å². The maximum absolute atomic E-state index is 13.4. The molecule has 10 heteroatoms. The van der Waals surface area contributed by atoms with Gasteiger partial charge in [0.2, 0.25) is 0 Å². The number of nitrogens with one attached hydrogen (secondary N) is 1. The van der Waals surface area contributed by atoms with E-state index >= 15 is 0 Å². The molecule has 1 aromatic carbocycles. The molecule has 0 aliphatic carbocycles. The summed E-state index contributed by atoms with van der Waals surface area (Å²) in [5.41, 5.74) is -0.561. The van der Waals surface area contributed by atoms with E-state index in [4.69, 9.17) is 9.90 Å². The monoisotopic (exact) mass is 361 g/mol. The zero-order chi connectivity index (χ0) is 18.5. The number of aliphatic carboxylic acids is 1. The predicted octanol–water partition coefficient (Wildman–Crippen LogP) is 3.63. The maximum atomic E-state index is 13.4. The summed E-state index contributed by atoms with van der Waals surface area (Å²) in [5.74, 6) is -2.99. The van der Waals surface area contributed by atoms with E-state index in [9.17, 15) is 30.7 Å². The van der Waals surface area contributed by atoms with Gasteiger partial charge in [0, 0.05) is 0 Å². The number of carbonyl (C=O) groups is 1. The van der Waals surface area contributed by atoms with Crippen LogP contribution in [0, 0.1) is 11.7 Å². The number of aryl methyl sites for hydroxylation is 1. The van der Waals surface area contributed by atoms with E-state index in [0.717, 1.165) is 25.6 Å². The molecule has 0 saturated carbocycles. The van der Waals surface area contributed by atoms with Crippen LogP contribution in [-0.4, -0.2) is 30.3 Å². The van der Waals surface area contributed by atoms with Crippen LogP contribution in [0.15, 0.2) is 18.2 Å². The van der Waals surface area contributed by atoms with Gasteiger partial charge in [-0.2, -0.15) is 26.3 Å². The molecule has 0 atom stereocenters. The highest BCUT2D eigenvalue weighted by Crippen LogP contribution is 2.30. The van der Waals surface area contributed by atoms with Gasteiger partial charge in [-0.05, 0) is 49.5 Å². The first-order valence-corrected chi connectivity index (χ1v) is 6.77. The summed E-state index contributed by atoms with van der Waals surface area (Å²) in [6.07, 6.45) is -8.25. The minimum Gasteiger partial charge on any atom is -0.475 e. The molecule has 1 saturated heterocycles. The molecule has 1 aromatic rings. The Labute approximate surface area is 132 Å². The molecule has 2 N–H and O–H groups in total. The van der Waals surface area contributed by atoms with Gasteiger partial charge in [-0.3, -0.25) is 0 Å². The lowest BCUT2D eigenvalue weighted by Gasteiger charge is -2.27. The highest BCUT2D eigenvalue weighted by molar-refractivity contribution is 5.73. The van der Waals surface area contributed by atoms with Gasteiger partial charge in [-0.15, -0.1) is 0 Å². The van der Waals surface area contributed by atoms with Crippen LogP contribution in [0.25, 0.3) is 0 Å². The molecule has 1 aliphatic rings. The second-order valence-corrected chi connectivity index (χ2v) is 5.17. The van der Waals surface area contributed by atoms with Crippen molar-refractivity contribution in [3.05, 3.63) is 35.1 Å². The maximum Gasteiger partial charge on any atom is 0.490 e. The lowest BCUT2D eigenvalue weighted by Crippen LogP contribution is -2.42. The largest absolute Gasteiger partial charge is 0.490 e. The Hall–Kier alpha value is -1.84. The Morgan fingerprint density at radius 2 is 1.71 bits per heavy atom. The van der Waals surface area contributed by atoms with Crippen molar-refractivity contribution in [2.75, 3.05) is 13.1 Å². The van der Waals surface area contributed by atoms with Gasteiger partial charge in [-0.25, -0.2) is 9.18 Å². The second-order valence-electron chi connectivity index (χ2n) is 5.17. The zero-order valence-corrected chi connectivity index (χ0v) is 12.1. The lowest BCUT2D eigenvalue weighted by molar-refractivity contribution is -0.192. The minimum absolute atomic E-state index is 0.366. The van der Waals surface area contributed by atoms with Gasteiger partial charge in [0.15, 0.2) is 0 Å². The van der Waals surface area contributed by atoms with E-state index in [1.54, 1.807) is 0 Å². The fourth-order valence-electron chi connectivity index (χ4n) is 1.84. The first-order valence-electron chi connectivity index (χ1n) is 6.77. The number of rotatable bonds is 3. The summed E-state index contributed by atoms with van der Waals surface area (Å²) < 4.78 is 82.1. The molecule has 1 heterocycles. The van der Waals surface area contributed by atoms with Crippen molar-refractivity contribution in [2.45, 2.75) is 25.2 Å². The summed E-state index contributed by atoms with van der Waals surface area (Å²) in [6.45, 7) is 1.84. The molecule has 1 aliphatic heterocycles. The molecule has 0 radical (unpaired) electrons. The van der Waals surface area contributed by atoms with Crippen LogP contribution in [-0.2, 0) is 17.4 Å². The number of carboxylic acids is 1. The van der Waals surface area contributed by atoms with E-state index in [1.807, 2.05) is 0 Å². The molecule has 0 spiro atoms. The van der Waals surface area contributed by atoms with E-state index in [0.29, 0.717) is 24.0 Å². The van der Waals surface area contributed by atoms with Crippen LogP contribution in [0.5, 0.6) is 0 Å². The number of benzene rings is 1. The fraction of sp³-hybridized carbons (Fsp3) is 0.500. The molecule has 0 bridgehead atoms. The van der Waals surface area contributed by atoms with Gasteiger partial charge >= 0.3 is 18.3 Å². The van der Waals surface area contributed by atoms with Gasteiger partial charge < -0.3 is 10.4 Å². The van der Waals surface area contributed by atoms with Crippen LogP contribution in [0.3, 0.4) is 0 Å². The van der Waals surface area contributed by atoms with Crippen LogP contribution in [0.4, 0.5) is 30.7 Å². The number of hydrogen-bond donors (Lipinski definition) is 2. The predicted molar refractivity (Wildman–Crippen MR) is 69.8 cm³/mol. The normalized spacial score (nSPS) is 15.3. The summed E-state index contributed by atoms with van der Waals surface area (Å²) in [4.78, 5) is 8.90. The number of carboxylic acid groups (broad SMARTS) is 1. The third-order valence-corrected chi connectivity index (χ3v) is 3.31. The van der Waals surface area contributed by atoms with Crippen molar-refractivity contribution in [3.63, 3.8) is 0 Å². The second kappa shape index (κ2) is 7.82. The topological polar surface area (TPSA) is 49.3 Å². The molecule has 0 aromatic heterocycles. The first kappa shape index (κ1) is 20.2. The first-order chi connectivity index (χ1) is 10.9. The summed E-state index contributed by atoms with van der Waals surface area (Å²) in [5, 5.41) is 10.2. The zero-order valence-electron chi connectivity index (χ0n) is 12.1. The third kappa shape index (κ3) is 6.34. The smallest absolute Gasteiger partial charge is 0.475 e. The molecule has 0 amide bonds. The van der Waals surface area contributed by atoms with Crippen molar-refractivity contribution < 1.29 is 40.6 Å². The average molecular weight is 361 g/mol. The minimum atomic E-state index is -5.08. The summed E-state index contributed by atoms with van der Waals surface area (Å²) in [6, 6.07) is 2.76. The molecule has 136 valence electrons. The molecule has 2 rings (SSSR count). The third-order valence-electron chi connectivity index (χ3n) is 3.31. The number of alkyl halides is 6.